The fraction of sp³-hybridized carbons (Fsp3) is 0.444. The van der Waals surface area contributed by atoms with Crippen molar-refractivity contribution in [2.75, 3.05) is 27.3 Å². The molecule has 2 aromatic rings. The molecular formula is C18H23NO2. The lowest BCUT2D eigenvalue weighted by molar-refractivity contribution is 0.360. The van der Waals surface area contributed by atoms with Gasteiger partial charge >= 0.3 is 0 Å². The minimum absolute atomic E-state index is 0.728. The molecule has 0 amide bonds. The van der Waals surface area contributed by atoms with Crippen molar-refractivity contribution in [2.24, 2.45) is 5.92 Å². The molecule has 1 aliphatic heterocycles. The highest BCUT2D eigenvalue weighted by Crippen LogP contribution is 2.38. The van der Waals surface area contributed by atoms with Gasteiger partial charge in [-0.2, -0.15) is 0 Å². The quantitative estimate of drug-likeness (QED) is 0.934. The summed E-state index contributed by atoms with van der Waals surface area (Å²) < 4.78 is 11.3. The molecular weight excluding hydrogens is 262 g/mol. The van der Waals surface area contributed by atoms with E-state index in [0.29, 0.717) is 0 Å². The van der Waals surface area contributed by atoms with Crippen LogP contribution < -0.4 is 14.8 Å². The van der Waals surface area contributed by atoms with Gasteiger partial charge in [0.2, 0.25) is 0 Å². The van der Waals surface area contributed by atoms with Gasteiger partial charge in [0.05, 0.1) is 14.2 Å². The average molecular weight is 285 g/mol. The first-order valence-electron chi connectivity index (χ1n) is 7.66. The number of ether oxygens (including phenoxy) is 2. The van der Waals surface area contributed by atoms with Crippen LogP contribution in [-0.2, 0) is 6.42 Å². The minimum atomic E-state index is 0.728. The van der Waals surface area contributed by atoms with Crippen molar-refractivity contribution in [3.63, 3.8) is 0 Å². The second-order valence-electron chi connectivity index (χ2n) is 5.71. The molecule has 1 heterocycles. The molecule has 0 atom stereocenters. The van der Waals surface area contributed by atoms with Gasteiger partial charge in [0.25, 0.3) is 0 Å². The van der Waals surface area contributed by atoms with E-state index in [0.717, 1.165) is 47.7 Å². The third kappa shape index (κ3) is 2.84. The molecule has 112 valence electrons. The van der Waals surface area contributed by atoms with E-state index in [9.17, 15) is 0 Å². The Kier molecular flexibility index (Phi) is 4.30. The maximum Gasteiger partial charge on any atom is 0.130 e. The van der Waals surface area contributed by atoms with E-state index in [1.165, 1.54) is 18.4 Å². The van der Waals surface area contributed by atoms with Gasteiger partial charge in [0.15, 0.2) is 0 Å². The Morgan fingerprint density at radius 1 is 1.05 bits per heavy atom. The highest BCUT2D eigenvalue weighted by atomic mass is 16.5. The fourth-order valence-electron chi connectivity index (χ4n) is 3.33. The molecule has 0 radical (unpaired) electrons. The third-order valence-electron chi connectivity index (χ3n) is 4.43. The third-order valence-corrected chi connectivity index (χ3v) is 4.43. The number of hydrogen-bond donors (Lipinski definition) is 1. The fourth-order valence-corrected chi connectivity index (χ4v) is 3.33. The first-order chi connectivity index (χ1) is 10.3. The second kappa shape index (κ2) is 6.35. The molecule has 3 rings (SSSR count). The Labute approximate surface area is 126 Å². The first kappa shape index (κ1) is 14.2. The molecule has 1 N–H and O–H groups in total. The van der Waals surface area contributed by atoms with E-state index >= 15 is 0 Å². The van der Waals surface area contributed by atoms with Crippen LogP contribution >= 0.6 is 0 Å². The van der Waals surface area contributed by atoms with Crippen LogP contribution in [0.4, 0.5) is 0 Å². The monoisotopic (exact) mass is 285 g/mol. The largest absolute Gasteiger partial charge is 0.496 e. The zero-order valence-electron chi connectivity index (χ0n) is 12.8. The summed E-state index contributed by atoms with van der Waals surface area (Å²) >= 11 is 0. The molecule has 1 fully saturated rings. The summed E-state index contributed by atoms with van der Waals surface area (Å²) in [6, 6.07) is 10.5. The summed E-state index contributed by atoms with van der Waals surface area (Å²) in [4.78, 5) is 0. The van der Waals surface area contributed by atoms with Crippen molar-refractivity contribution in [1.29, 1.82) is 0 Å². The second-order valence-corrected chi connectivity index (χ2v) is 5.71. The molecule has 0 aromatic heterocycles. The summed E-state index contributed by atoms with van der Waals surface area (Å²) in [6.45, 7) is 2.25. The number of hydrogen-bond acceptors (Lipinski definition) is 3. The molecule has 21 heavy (non-hydrogen) atoms. The van der Waals surface area contributed by atoms with Gasteiger partial charge in [0, 0.05) is 10.8 Å². The summed E-state index contributed by atoms with van der Waals surface area (Å²) in [5, 5.41) is 5.68. The van der Waals surface area contributed by atoms with Crippen molar-refractivity contribution in [3.8, 4) is 11.5 Å². The van der Waals surface area contributed by atoms with Gasteiger partial charge in [0.1, 0.15) is 11.5 Å². The van der Waals surface area contributed by atoms with Gasteiger partial charge in [-0.3, -0.25) is 0 Å². The van der Waals surface area contributed by atoms with E-state index in [2.05, 4.69) is 29.6 Å². The molecule has 1 aliphatic rings. The van der Waals surface area contributed by atoms with Crippen molar-refractivity contribution < 1.29 is 9.47 Å². The van der Waals surface area contributed by atoms with E-state index in [-0.39, 0.29) is 0 Å². The van der Waals surface area contributed by atoms with Crippen molar-refractivity contribution in [3.05, 3.63) is 35.9 Å². The van der Waals surface area contributed by atoms with Crippen LogP contribution in [0.1, 0.15) is 18.4 Å². The number of fused-ring (bicyclic) bond motifs is 1. The molecule has 0 bridgehead atoms. The van der Waals surface area contributed by atoms with Crippen LogP contribution in [-0.4, -0.2) is 27.3 Å². The Bertz CT molecular complexity index is 618. The molecule has 0 spiro atoms. The summed E-state index contributed by atoms with van der Waals surface area (Å²) in [7, 11) is 3.50. The molecule has 0 saturated carbocycles. The maximum absolute atomic E-state index is 5.73. The van der Waals surface area contributed by atoms with Gasteiger partial charge < -0.3 is 14.8 Å². The predicted molar refractivity (Wildman–Crippen MR) is 86.3 cm³/mol. The van der Waals surface area contributed by atoms with Gasteiger partial charge in [-0.1, -0.05) is 24.3 Å². The van der Waals surface area contributed by atoms with Crippen molar-refractivity contribution >= 4 is 10.8 Å². The number of piperidine rings is 1. The zero-order chi connectivity index (χ0) is 14.7. The Morgan fingerprint density at radius 2 is 1.76 bits per heavy atom. The average Bonchev–Trinajstić information content (AvgIpc) is 2.55. The Hall–Kier alpha value is -1.74. The van der Waals surface area contributed by atoms with Crippen LogP contribution in [0.3, 0.4) is 0 Å². The Balaban J connectivity index is 2.03. The lowest BCUT2D eigenvalue weighted by Gasteiger charge is -2.24. The summed E-state index contributed by atoms with van der Waals surface area (Å²) in [6.07, 6.45) is 3.53. The van der Waals surface area contributed by atoms with Crippen LogP contribution in [0.5, 0.6) is 11.5 Å². The first-order valence-corrected chi connectivity index (χ1v) is 7.66. The SMILES string of the molecule is COc1cc(CC2CCNCC2)c(OC)c2ccccc12. The van der Waals surface area contributed by atoms with Gasteiger partial charge in [-0.15, -0.1) is 0 Å². The standard InChI is InChI=1S/C18H23NO2/c1-20-17-12-14(11-13-7-9-19-10-8-13)18(21-2)16-6-4-3-5-15(16)17/h3-6,12-13,19H,7-11H2,1-2H3. The number of nitrogens with one attached hydrogen (secondary N) is 1. The molecule has 0 unspecified atom stereocenters. The number of benzene rings is 2. The smallest absolute Gasteiger partial charge is 0.130 e. The molecule has 3 heteroatoms. The highest BCUT2D eigenvalue weighted by Gasteiger charge is 2.19. The van der Waals surface area contributed by atoms with Gasteiger partial charge in [-0.25, -0.2) is 0 Å². The topological polar surface area (TPSA) is 30.5 Å². The Morgan fingerprint density at radius 3 is 2.43 bits per heavy atom. The summed E-state index contributed by atoms with van der Waals surface area (Å²) in [5.41, 5.74) is 1.26. The van der Waals surface area contributed by atoms with E-state index in [1.54, 1.807) is 14.2 Å². The molecule has 2 aromatic carbocycles. The molecule has 1 saturated heterocycles. The van der Waals surface area contributed by atoms with E-state index in [1.807, 2.05) is 6.07 Å². The van der Waals surface area contributed by atoms with Crippen LogP contribution in [0, 0.1) is 5.92 Å². The molecule has 0 aliphatic carbocycles. The lowest BCUT2D eigenvalue weighted by Crippen LogP contribution is -2.28. The normalized spacial score (nSPS) is 16.1. The van der Waals surface area contributed by atoms with Crippen molar-refractivity contribution in [1.82, 2.24) is 5.32 Å². The predicted octanol–water partition coefficient (Wildman–Crippen LogP) is 3.40. The van der Waals surface area contributed by atoms with E-state index in [4.69, 9.17) is 9.47 Å². The maximum atomic E-state index is 5.73. The highest BCUT2D eigenvalue weighted by molar-refractivity contribution is 5.94. The van der Waals surface area contributed by atoms with Gasteiger partial charge in [-0.05, 0) is 49.9 Å². The van der Waals surface area contributed by atoms with Crippen LogP contribution in [0.25, 0.3) is 10.8 Å². The number of methoxy groups -OCH3 is 2. The number of rotatable bonds is 4. The van der Waals surface area contributed by atoms with Crippen LogP contribution in [0.2, 0.25) is 0 Å². The zero-order valence-corrected chi connectivity index (χ0v) is 12.8. The van der Waals surface area contributed by atoms with Crippen LogP contribution in [0.15, 0.2) is 30.3 Å². The summed E-state index contributed by atoms with van der Waals surface area (Å²) in [5.74, 6) is 2.67. The molecule has 3 nitrogen and oxygen atoms in total. The van der Waals surface area contributed by atoms with Crippen molar-refractivity contribution in [2.45, 2.75) is 19.3 Å². The minimum Gasteiger partial charge on any atom is -0.496 e. The lowest BCUT2D eigenvalue weighted by atomic mass is 9.89. The van der Waals surface area contributed by atoms with E-state index < -0.39 is 0 Å².